The van der Waals surface area contributed by atoms with E-state index < -0.39 is 0 Å². The van der Waals surface area contributed by atoms with Gasteiger partial charge in [-0.3, -0.25) is 0 Å². The number of aromatic nitrogens is 2. The Morgan fingerprint density at radius 2 is 2.09 bits per heavy atom. The summed E-state index contributed by atoms with van der Waals surface area (Å²) < 4.78 is 7.17. The van der Waals surface area contributed by atoms with Crippen molar-refractivity contribution in [2.24, 2.45) is 0 Å². The highest BCUT2D eigenvalue weighted by Crippen LogP contribution is 2.26. The standard InChI is InChI=1S/C15H20N4OS2/c1-10-17-18-15(22-10)21-9-13-8-16-14(20-13)11-4-6-12(7-5-11)19(2)3/h4-7,13-14,16H,8-9H2,1-3H3/p+1/t13-,14-/m1/s1. The molecule has 2 heterocycles. The Morgan fingerprint density at radius 1 is 1.32 bits per heavy atom. The number of quaternary nitrogens is 1. The van der Waals surface area contributed by atoms with Crippen molar-refractivity contribution < 1.29 is 10.1 Å². The molecule has 0 bridgehead atoms. The van der Waals surface area contributed by atoms with Crippen molar-refractivity contribution in [3.8, 4) is 0 Å². The second-order valence-electron chi connectivity index (χ2n) is 5.53. The zero-order valence-electron chi connectivity index (χ0n) is 13.0. The number of thioether (sulfide) groups is 1. The third-order valence-corrected chi connectivity index (χ3v) is 5.69. The molecule has 1 aromatic heterocycles. The summed E-state index contributed by atoms with van der Waals surface area (Å²) in [6.45, 7) is 2.97. The summed E-state index contributed by atoms with van der Waals surface area (Å²) in [5.41, 5.74) is 2.44. The molecule has 3 rings (SSSR count). The van der Waals surface area contributed by atoms with Gasteiger partial charge in [0.05, 0.1) is 0 Å². The molecule has 2 atom stereocenters. The number of hydrogen-bond donors (Lipinski definition) is 1. The Balaban J connectivity index is 1.53. The lowest BCUT2D eigenvalue weighted by atomic mass is 10.2. The van der Waals surface area contributed by atoms with Gasteiger partial charge in [0, 0.05) is 31.1 Å². The maximum absolute atomic E-state index is 6.14. The van der Waals surface area contributed by atoms with E-state index in [-0.39, 0.29) is 12.3 Å². The number of nitrogens with two attached hydrogens (primary N) is 1. The highest BCUT2D eigenvalue weighted by molar-refractivity contribution is 8.01. The van der Waals surface area contributed by atoms with E-state index in [0.717, 1.165) is 21.6 Å². The van der Waals surface area contributed by atoms with Crippen molar-refractivity contribution >= 4 is 28.8 Å². The van der Waals surface area contributed by atoms with Crippen LogP contribution < -0.4 is 10.2 Å². The van der Waals surface area contributed by atoms with Crippen LogP contribution in [0.2, 0.25) is 0 Å². The zero-order valence-corrected chi connectivity index (χ0v) is 14.7. The fourth-order valence-corrected chi connectivity index (χ4v) is 4.24. The van der Waals surface area contributed by atoms with Gasteiger partial charge in [-0.2, -0.15) is 0 Å². The van der Waals surface area contributed by atoms with E-state index >= 15 is 0 Å². The molecule has 1 saturated heterocycles. The summed E-state index contributed by atoms with van der Waals surface area (Å²) in [5.74, 6) is 0.928. The number of aryl methyl sites for hydroxylation is 1. The number of benzene rings is 1. The van der Waals surface area contributed by atoms with Crippen LogP contribution in [-0.2, 0) is 4.74 Å². The minimum Gasteiger partial charge on any atom is -0.378 e. The molecule has 0 unspecified atom stereocenters. The number of nitrogens with zero attached hydrogens (tertiary/aromatic N) is 3. The third kappa shape index (κ3) is 3.78. The lowest BCUT2D eigenvalue weighted by molar-refractivity contribution is -0.697. The largest absolute Gasteiger partial charge is 0.378 e. The Bertz CT molecular complexity index is 614. The Morgan fingerprint density at radius 3 is 2.73 bits per heavy atom. The van der Waals surface area contributed by atoms with Crippen molar-refractivity contribution in [2.45, 2.75) is 23.6 Å². The smallest absolute Gasteiger partial charge is 0.217 e. The van der Waals surface area contributed by atoms with Crippen molar-refractivity contribution in [2.75, 3.05) is 31.3 Å². The van der Waals surface area contributed by atoms with E-state index in [1.165, 1.54) is 11.3 Å². The topological polar surface area (TPSA) is 54.9 Å². The lowest BCUT2D eigenvalue weighted by Gasteiger charge is -2.14. The van der Waals surface area contributed by atoms with E-state index in [0.29, 0.717) is 0 Å². The molecule has 1 aliphatic heterocycles. The molecular weight excluding hydrogens is 316 g/mol. The van der Waals surface area contributed by atoms with Crippen molar-refractivity contribution in [3.05, 3.63) is 34.8 Å². The molecule has 118 valence electrons. The predicted molar refractivity (Wildman–Crippen MR) is 90.5 cm³/mol. The maximum atomic E-state index is 6.14. The first-order chi connectivity index (χ1) is 10.6. The number of ether oxygens (including phenoxy) is 1. The highest BCUT2D eigenvalue weighted by Gasteiger charge is 2.30. The summed E-state index contributed by atoms with van der Waals surface area (Å²) in [6, 6.07) is 8.58. The van der Waals surface area contributed by atoms with Crippen LogP contribution in [0.5, 0.6) is 0 Å². The van der Waals surface area contributed by atoms with E-state index in [9.17, 15) is 0 Å². The van der Waals surface area contributed by atoms with Crippen molar-refractivity contribution in [1.29, 1.82) is 0 Å². The molecule has 0 aliphatic carbocycles. The summed E-state index contributed by atoms with van der Waals surface area (Å²) in [7, 11) is 4.10. The Kier molecular flexibility index (Phi) is 4.97. The van der Waals surface area contributed by atoms with Crippen molar-refractivity contribution in [1.82, 2.24) is 10.2 Å². The molecule has 2 N–H and O–H groups in total. The number of hydrogen-bond acceptors (Lipinski definition) is 6. The van der Waals surface area contributed by atoms with Crippen LogP contribution in [0.15, 0.2) is 28.6 Å². The fraction of sp³-hybridized carbons (Fsp3) is 0.467. The Hall–Kier alpha value is -1.15. The summed E-state index contributed by atoms with van der Waals surface area (Å²) in [4.78, 5) is 2.10. The Labute approximate surface area is 139 Å². The predicted octanol–water partition coefficient (Wildman–Crippen LogP) is 1.67. The van der Waals surface area contributed by atoms with Gasteiger partial charge in [-0.05, 0) is 31.2 Å². The van der Waals surface area contributed by atoms with Gasteiger partial charge in [0.25, 0.3) is 0 Å². The van der Waals surface area contributed by atoms with E-state index in [1.807, 2.05) is 6.92 Å². The van der Waals surface area contributed by atoms with Gasteiger partial charge in [-0.1, -0.05) is 23.1 Å². The SMILES string of the molecule is Cc1nnc(SC[C@H]2C[NH2+][C@@H](c3ccc(N(C)C)cc3)O2)s1. The van der Waals surface area contributed by atoms with Gasteiger partial charge in [0.15, 0.2) is 4.34 Å². The minimum atomic E-state index is 0.109. The van der Waals surface area contributed by atoms with E-state index in [4.69, 9.17) is 4.74 Å². The average Bonchev–Trinajstić information content (AvgIpc) is 3.14. The van der Waals surface area contributed by atoms with Crippen LogP contribution >= 0.6 is 23.1 Å². The molecule has 0 radical (unpaired) electrons. The van der Waals surface area contributed by atoms with Gasteiger partial charge in [-0.25, -0.2) is 0 Å². The maximum Gasteiger partial charge on any atom is 0.217 e. The highest BCUT2D eigenvalue weighted by atomic mass is 32.2. The van der Waals surface area contributed by atoms with Crippen LogP contribution in [0.4, 0.5) is 5.69 Å². The quantitative estimate of drug-likeness (QED) is 0.841. The van der Waals surface area contributed by atoms with Gasteiger partial charge < -0.3 is 15.0 Å². The van der Waals surface area contributed by atoms with Gasteiger partial charge in [-0.15, -0.1) is 10.2 Å². The van der Waals surface area contributed by atoms with Crippen LogP contribution in [0.3, 0.4) is 0 Å². The van der Waals surface area contributed by atoms with Gasteiger partial charge in [0.2, 0.25) is 6.23 Å². The normalized spacial score (nSPS) is 21.2. The number of anilines is 1. The molecule has 22 heavy (non-hydrogen) atoms. The fourth-order valence-electron chi connectivity index (χ4n) is 2.38. The van der Waals surface area contributed by atoms with Crippen LogP contribution in [-0.4, -0.2) is 42.7 Å². The summed E-state index contributed by atoms with van der Waals surface area (Å²) >= 11 is 3.38. The average molecular weight is 337 g/mol. The second kappa shape index (κ2) is 6.95. The van der Waals surface area contributed by atoms with Crippen LogP contribution in [0.1, 0.15) is 16.8 Å². The van der Waals surface area contributed by atoms with E-state index in [1.54, 1.807) is 23.1 Å². The molecule has 5 nitrogen and oxygen atoms in total. The van der Waals surface area contributed by atoms with E-state index in [2.05, 4.69) is 58.8 Å². The molecule has 2 aromatic rings. The first-order valence-electron chi connectivity index (χ1n) is 7.31. The molecule has 0 spiro atoms. The number of rotatable bonds is 5. The van der Waals surface area contributed by atoms with Crippen molar-refractivity contribution in [3.63, 3.8) is 0 Å². The molecule has 1 aliphatic rings. The zero-order chi connectivity index (χ0) is 15.5. The van der Waals surface area contributed by atoms with Gasteiger partial charge in [0.1, 0.15) is 17.7 Å². The molecule has 0 amide bonds. The monoisotopic (exact) mass is 337 g/mol. The molecular formula is C15H21N4OS2+. The minimum absolute atomic E-state index is 0.109. The molecule has 0 saturated carbocycles. The summed E-state index contributed by atoms with van der Waals surface area (Å²) in [6.07, 6.45) is 0.366. The first kappa shape index (κ1) is 15.7. The first-order valence-corrected chi connectivity index (χ1v) is 9.11. The van der Waals surface area contributed by atoms with Crippen LogP contribution in [0.25, 0.3) is 0 Å². The van der Waals surface area contributed by atoms with Gasteiger partial charge >= 0.3 is 0 Å². The van der Waals surface area contributed by atoms with Crippen LogP contribution in [0, 0.1) is 6.92 Å². The molecule has 7 heteroatoms. The second-order valence-corrected chi connectivity index (χ2v) is 7.98. The molecule has 1 aromatic carbocycles. The summed E-state index contributed by atoms with van der Waals surface area (Å²) in [5, 5.41) is 11.5. The third-order valence-electron chi connectivity index (χ3n) is 3.59. The molecule has 1 fully saturated rings. The lowest BCUT2D eigenvalue weighted by Crippen LogP contribution is -2.82.